The number of carbonyl (C=O) groups excluding carboxylic acids is 1. The van der Waals surface area contributed by atoms with Gasteiger partial charge in [0, 0.05) is 5.56 Å². The molecule has 1 aromatic heterocycles. The van der Waals surface area contributed by atoms with Crippen LogP contribution in [0.3, 0.4) is 0 Å². The number of nitrogens with one attached hydrogen (secondary N) is 1. The van der Waals surface area contributed by atoms with E-state index < -0.39 is 0 Å². The lowest BCUT2D eigenvalue weighted by Gasteiger charge is -1.99. The molecule has 0 aliphatic rings. The molecule has 0 saturated heterocycles. The fourth-order valence-electron chi connectivity index (χ4n) is 1.26. The second kappa shape index (κ2) is 4.16. The maximum absolute atomic E-state index is 10.5. The second-order valence-electron chi connectivity index (χ2n) is 2.88. The summed E-state index contributed by atoms with van der Waals surface area (Å²) in [6.45, 7) is 0. The minimum Gasteiger partial charge on any atom is -0.330 e. The summed E-state index contributed by atoms with van der Waals surface area (Å²) in [5, 5.41) is 0.599. The third-order valence-electron chi connectivity index (χ3n) is 1.92. The molecule has 0 atom stereocenters. The lowest BCUT2D eigenvalue weighted by atomic mass is 10.2. The highest BCUT2D eigenvalue weighted by atomic mass is 79.9. The molecule has 0 unspecified atom stereocenters. The van der Waals surface area contributed by atoms with E-state index in [9.17, 15) is 4.79 Å². The Bertz CT molecular complexity index is 510. The highest BCUT2D eigenvalue weighted by Crippen LogP contribution is 2.31. The summed E-state index contributed by atoms with van der Waals surface area (Å²) in [5.74, 6) is 0.275. The molecule has 0 aliphatic carbocycles. The number of carbonyl (C=O) groups is 1. The Labute approximate surface area is 99.6 Å². The molecule has 2 rings (SSSR count). The lowest BCUT2D eigenvalue weighted by molar-refractivity contribution is 0.111. The fraction of sp³-hybridized carbons (Fsp3) is 0. The van der Waals surface area contributed by atoms with Gasteiger partial charge in [-0.25, -0.2) is 4.98 Å². The monoisotopic (exact) mass is 284 g/mol. The number of halogens is 2. The Morgan fingerprint density at radius 1 is 1.40 bits per heavy atom. The molecular formula is C10H6BrClN2O. The van der Waals surface area contributed by atoms with Gasteiger partial charge < -0.3 is 4.98 Å². The third kappa shape index (κ3) is 1.96. The van der Waals surface area contributed by atoms with E-state index in [1.54, 1.807) is 6.07 Å². The summed E-state index contributed by atoms with van der Waals surface area (Å²) in [5.41, 5.74) is 1.43. The maximum atomic E-state index is 10.5. The van der Waals surface area contributed by atoms with Crippen molar-refractivity contribution in [3.8, 4) is 11.3 Å². The molecule has 76 valence electrons. The minimum absolute atomic E-state index is 0.275. The van der Waals surface area contributed by atoms with E-state index in [1.165, 1.54) is 0 Å². The second-order valence-corrected chi connectivity index (χ2v) is 4.08. The van der Waals surface area contributed by atoms with E-state index in [4.69, 9.17) is 11.6 Å². The van der Waals surface area contributed by atoms with Crippen LogP contribution in [0.15, 0.2) is 28.9 Å². The van der Waals surface area contributed by atoms with Gasteiger partial charge in [0.05, 0.1) is 5.02 Å². The zero-order valence-electron chi connectivity index (χ0n) is 7.50. The zero-order chi connectivity index (χ0) is 10.8. The highest BCUT2D eigenvalue weighted by Gasteiger charge is 2.11. The molecule has 0 fully saturated rings. The molecule has 1 N–H and O–H groups in total. The number of hydrogen-bond acceptors (Lipinski definition) is 2. The Morgan fingerprint density at radius 2 is 2.13 bits per heavy atom. The van der Waals surface area contributed by atoms with Crippen LogP contribution in [0.2, 0.25) is 5.02 Å². The Balaban J connectivity index is 2.58. The molecule has 1 aromatic carbocycles. The van der Waals surface area contributed by atoms with Gasteiger partial charge >= 0.3 is 0 Å². The third-order valence-corrected chi connectivity index (χ3v) is 2.82. The van der Waals surface area contributed by atoms with Gasteiger partial charge in [-0.15, -0.1) is 0 Å². The number of rotatable bonds is 2. The first-order valence-corrected chi connectivity index (χ1v) is 5.35. The molecule has 0 radical (unpaired) electrons. The van der Waals surface area contributed by atoms with Crippen LogP contribution >= 0.6 is 27.5 Å². The zero-order valence-corrected chi connectivity index (χ0v) is 9.84. The number of aromatic nitrogens is 2. The Kier molecular flexibility index (Phi) is 2.88. The Morgan fingerprint density at radius 3 is 2.73 bits per heavy atom. The van der Waals surface area contributed by atoms with Gasteiger partial charge in [0.2, 0.25) is 0 Å². The van der Waals surface area contributed by atoms with Crippen molar-refractivity contribution in [1.29, 1.82) is 0 Å². The predicted molar refractivity (Wildman–Crippen MR) is 62.1 cm³/mol. The number of aromatic amines is 1. The van der Waals surface area contributed by atoms with E-state index in [-0.39, 0.29) is 5.82 Å². The van der Waals surface area contributed by atoms with Crippen LogP contribution in [0.25, 0.3) is 11.3 Å². The van der Waals surface area contributed by atoms with Crippen molar-refractivity contribution in [2.75, 3.05) is 0 Å². The van der Waals surface area contributed by atoms with E-state index in [2.05, 4.69) is 25.9 Å². The number of H-pyrrole nitrogens is 1. The highest BCUT2D eigenvalue weighted by molar-refractivity contribution is 9.10. The predicted octanol–water partition coefficient (Wildman–Crippen LogP) is 3.31. The first-order chi connectivity index (χ1) is 7.22. The smallest absolute Gasteiger partial charge is 0.185 e. The fourth-order valence-corrected chi connectivity index (χ4v) is 1.99. The normalized spacial score (nSPS) is 10.3. The quantitative estimate of drug-likeness (QED) is 0.861. The molecule has 0 saturated carbocycles. The summed E-state index contributed by atoms with van der Waals surface area (Å²) in [6, 6.07) is 7.33. The van der Waals surface area contributed by atoms with Crippen LogP contribution in [0.1, 0.15) is 10.6 Å². The van der Waals surface area contributed by atoms with Crippen molar-refractivity contribution in [3.05, 3.63) is 39.7 Å². The largest absolute Gasteiger partial charge is 0.330 e. The lowest BCUT2D eigenvalue weighted by Crippen LogP contribution is -1.82. The van der Waals surface area contributed by atoms with Crippen molar-refractivity contribution < 1.29 is 4.79 Å². The molecule has 3 nitrogen and oxygen atoms in total. The molecular weight excluding hydrogens is 279 g/mol. The number of benzene rings is 1. The molecule has 15 heavy (non-hydrogen) atoms. The van der Waals surface area contributed by atoms with Crippen molar-refractivity contribution >= 4 is 33.8 Å². The first kappa shape index (κ1) is 10.4. The summed E-state index contributed by atoms with van der Waals surface area (Å²) in [6.07, 6.45) is 0.658. The van der Waals surface area contributed by atoms with Crippen LogP contribution in [0, 0.1) is 0 Å². The number of nitrogens with zero attached hydrogens (tertiary/aromatic N) is 1. The topological polar surface area (TPSA) is 45.8 Å². The minimum atomic E-state index is 0.275. The van der Waals surface area contributed by atoms with Crippen LogP contribution < -0.4 is 0 Å². The van der Waals surface area contributed by atoms with Gasteiger partial charge in [-0.05, 0) is 22.0 Å². The summed E-state index contributed by atoms with van der Waals surface area (Å²) >= 11 is 9.31. The van der Waals surface area contributed by atoms with Crippen LogP contribution in [0.5, 0.6) is 0 Å². The first-order valence-electron chi connectivity index (χ1n) is 4.18. The van der Waals surface area contributed by atoms with Crippen LogP contribution in [-0.4, -0.2) is 16.3 Å². The van der Waals surface area contributed by atoms with E-state index in [0.717, 1.165) is 5.56 Å². The van der Waals surface area contributed by atoms with Gasteiger partial charge in [-0.1, -0.05) is 29.8 Å². The van der Waals surface area contributed by atoms with Crippen molar-refractivity contribution in [2.45, 2.75) is 0 Å². The van der Waals surface area contributed by atoms with Gasteiger partial charge in [0.15, 0.2) is 12.1 Å². The molecule has 0 amide bonds. The standard InChI is InChI=1S/C10H6BrClN2O/c11-10-9(13-8(5-15)14-10)6-3-1-2-4-7(6)12/h1-5H,(H,13,14). The number of hydrogen-bond donors (Lipinski definition) is 1. The SMILES string of the molecule is O=Cc1nc(-c2ccccc2Cl)c(Br)[nH]1. The molecule has 2 aromatic rings. The average molecular weight is 286 g/mol. The average Bonchev–Trinajstić information content (AvgIpc) is 2.60. The van der Waals surface area contributed by atoms with Crippen molar-refractivity contribution in [3.63, 3.8) is 0 Å². The summed E-state index contributed by atoms with van der Waals surface area (Å²) in [7, 11) is 0. The van der Waals surface area contributed by atoms with Gasteiger partial charge in [0.1, 0.15) is 10.3 Å². The molecule has 0 bridgehead atoms. The maximum Gasteiger partial charge on any atom is 0.185 e. The van der Waals surface area contributed by atoms with E-state index >= 15 is 0 Å². The molecule has 0 aliphatic heterocycles. The van der Waals surface area contributed by atoms with E-state index in [0.29, 0.717) is 21.6 Å². The van der Waals surface area contributed by atoms with Crippen LogP contribution in [0.4, 0.5) is 0 Å². The van der Waals surface area contributed by atoms with Gasteiger partial charge in [-0.3, -0.25) is 4.79 Å². The summed E-state index contributed by atoms with van der Waals surface area (Å²) < 4.78 is 0.651. The van der Waals surface area contributed by atoms with Gasteiger partial charge in [-0.2, -0.15) is 0 Å². The number of aldehydes is 1. The van der Waals surface area contributed by atoms with Crippen molar-refractivity contribution in [2.24, 2.45) is 0 Å². The summed E-state index contributed by atoms with van der Waals surface area (Å²) in [4.78, 5) is 17.4. The van der Waals surface area contributed by atoms with Crippen LogP contribution in [-0.2, 0) is 0 Å². The number of imidazole rings is 1. The Hall–Kier alpha value is -1.13. The van der Waals surface area contributed by atoms with E-state index in [1.807, 2.05) is 18.2 Å². The molecule has 1 heterocycles. The molecule has 0 spiro atoms. The van der Waals surface area contributed by atoms with Crippen molar-refractivity contribution in [1.82, 2.24) is 9.97 Å². The molecule has 5 heteroatoms. The van der Waals surface area contributed by atoms with Gasteiger partial charge in [0.25, 0.3) is 0 Å².